The number of aliphatic hydroxyl groups excluding tert-OH is 1. The van der Waals surface area contributed by atoms with Crippen molar-refractivity contribution in [1.29, 1.82) is 0 Å². The van der Waals surface area contributed by atoms with Crippen LogP contribution in [-0.2, 0) is 51.9 Å². The number of carbonyl (C=O) groups excluding carboxylic acids is 4. The molecule has 75 heavy (non-hydrogen) atoms. The van der Waals surface area contributed by atoms with Gasteiger partial charge in [0, 0.05) is 59.9 Å². The summed E-state index contributed by atoms with van der Waals surface area (Å²) in [4.78, 5) is 76.4. The number of aliphatic carboxylic acids is 1. The lowest BCUT2D eigenvalue weighted by Crippen LogP contribution is -2.63. The smallest absolute Gasteiger partial charge is 0.353 e. The Morgan fingerprint density at radius 2 is 1.79 bits per heavy atom. The number of likely N-dealkylation sites (tertiary alicyclic amines) is 2. The summed E-state index contributed by atoms with van der Waals surface area (Å²) in [5, 5.41) is 29.0. The minimum absolute atomic E-state index is 0.0312. The number of ketones is 1. The van der Waals surface area contributed by atoms with Crippen LogP contribution < -0.4 is 29.4 Å². The summed E-state index contributed by atoms with van der Waals surface area (Å²) in [5.41, 5.74) is 1.56. The molecule has 4 aliphatic rings. The van der Waals surface area contributed by atoms with Crippen LogP contribution in [-0.4, -0.2) is 144 Å². The van der Waals surface area contributed by atoms with Gasteiger partial charge in [0.1, 0.15) is 36.0 Å². The van der Waals surface area contributed by atoms with Crippen LogP contribution in [0.15, 0.2) is 71.4 Å². The summed E-state index contributed by atoms with van der Waals surface area (Å²) in [6.07, 6.45) is 3.62. The number of pyridine rings is 1. The average Bonchev–Trinajstić information content (AvgIpc) is 3.89. The molecule has 8 atom stereocenters. The number of hydrogen-bond donors (Lipinski definition) is 5. The van der Waals surface area contributed by atoms with Crippen LogP contribution in [0.3, 0.4) is 0 Å². The summed E-state index contributed by atoms with van der Waals surface area (Å²) in [5.74, 6) is -2.13. The molecule has 0 unspecified atom stereocenters. The number of benzene rings is 2. The molecular formula is C53H71N7O13S2. The normalized spacial score (nSPS) is 22.8. The van der Waals surface area contributed by atoms with Crippen molar-refractivity contribution >= 4 is 57.3 Å². The topological polar surface area (TPSA) is 270 Å². The summed E-state index contributed by atoms with van der Waals surface area (Å²) in [6.45, 7) is 10.5. The largest absolute Gasteiger partial charge is 0.493 e. The first-order chi connectivity index (χ1) is 35.6. The molecule has 1 aromatic heterocycles. The van der Waals surface area contributed by atoms with Crippen LogP contribution in [0.2, 0.25) is 0 Å². The van der Waals surface area contributed by atoms with E-state index in [1.165, 1.54) is 28.5 Å². The number of Topliss-reactive ketones (excluding diaryl/α,β-unsaturated/α-hetero) is 1. The van der Waals surface area contributed by atoms with E-state index in [0.717, 1.165) is 11.1 Å². The number of ether oxygens (including phenoxy) is 4. The number of piperidine rings is 1. The first kappa shape index (κ1) is 56.9. The van der Waals surface area contributed by atoms with Gasteiger partial charge in [-0.1, -0.05) is 45.9 Å². The van der Waals surface area contributed by atoms with E-state index in [1.54, 1.807) is 40.3 Å². The lowest BCUT2D eigenvalue weighted by Gasteiger charge is -2.46. The molecular weight excluding hydrogens is 1010 g/mol. The van der Waals surface area contributed by atoms with Gasteiger partial charge in [-0.05, 0) is 105 Å². The van der Waals surface area contributed by atoms with Crippen molar-refractivity contribution in [3.8, 4) is 17.2 Å². The third-order valence-electron chi connectivity index (χ3n) is 14.9. The van der Waals surface area contributed by atoms with Crippen molar-refractivity contribution in [2.24, 2.45) is 22.4 Å². The summed E-state index contributed by atoms with van der Waals surface area (Å²) >= 11 is 1.39. The van der Waals surface area contributed by atoms with Crippen LogP contribution in [0.1, 0.15) is 95.9 Å². The van der Waals surface area contributed by atoms with Crippen molar-refractivity contribution in [2.75, 3.05) is 52.3 Å². The number of nitrogens with one attached hydrogen (secondary N) is 2. The quantitative estimate of drug-likeness (QED) is 0.0330. The molecule has 22 heteroatoms. The molecule has 0 aliphatic carbocycles. The minimum Gasteiger partial charge on any atom is -0.493 e. The maximum absolute atomic E-state index is 14.2. The molecule has 0 radical (unpaired) electrons. The van der Waals surface area contributed by atoms with Crippen LogP contribution in [0.25, 0.3) is 0 Å². The van der Waals surface area contributed by atoms with Crippen LogP contribution >= 0.6 is 11.8 Å². The zero-order valence-electron chi connectivity index (χ0n) is 43.7. The van der Waals surface area contributed by atoms with Gasteiger partial charge < -0.3 is 44.3 Å². The highest BCUT2D eigenvalue weighted by molar-refractivity contribution is 8.03. The maximum atomic E-state index is 14.2. The predicted molar refractivity (Wildman–Crippen MR) is 281 cm³/mol. The van der Waals surface area contributed by atoms with Gasteiger partial charge in [0.2, 0.25) is 11.7 Å². The number of carboxylic acid groups (broad SMARTS) is 1. The molecule has 2 aromatic carbocycles. The second-order valence-corrected chi connectivity index (χ2v) is 23.1. The molecule has 3 saturated heterocycles. The standard InChI is InChI=1S/C53H71N7O13S2/c1-8-53(4,5)48(62)50(64)59-22-10-9-14-39(59)52(67)73-40(17-15-33-16-18-41(70-6)42(24-33)71-7)35-12-11-13-37(26-35)72-23-21-56-43-25-34(19-20-55-43)29-58-30-38(27-36(58)28-57-75(54,68)69)74-47-31(2)45-44(32(3)61)49(63)60(45)46(47)51(65)66/h11-13,16,18-20,24-26,31-32,36,38-40,44-45,57,61H,8-10,14-15,17,21-23,27-30H2,1-7H3,(H,55,56)(H,65,66)(H2,54,68,69)/t31-,32-,36+,38+,39+,40-,44-,45-/m1/s1. The van der Waals surface area contributed by atoms with Crippen molar-refractivity contribution in [2.45, 2.75) is 122 Å². The number of amides is 2. The Kier molecular flexibility index (Phi) is 18.6. The third-order valence-corrected chi connectivity index (χ3v) is 16.9. The van der Waals surface area contributed by atoms with Crippen LogP contribution in [0.4, 0.5) is 5.82 Å². The fourth-order valence-electron chi connectivity index (χ4n) is 10.4. The Labute approximate surface area is 443 Å². The van der Waals surface area contributed by atoms with E-state index in [9.17, 15) is 42.6 Å². The van der Waals surface area contributed by atoms with Crippen LogP contribution in [0.5, 0.6) is 17.2 Å². The van der Waals surface area contributed by atoms with E-state index in [2.05, 4.69) is 19.9 Å². The van der Waals surface area contributed by atoms with Gasteiger partial charge in [0.05, 0.1) is 38.8 Å². The third kappa shape index (κ3) is 13.4. The second-order valence-electron chi connectivity index (χ2n) is 20.4. The zero-order valence-corrected chi connectivity index (χ0v) is 45.3. The number of esters is 1. The Morgan fingerprint density at radius 3 is 2.48 bits per heavy atom. The molecule has 0 saturated carbocycles. The van der Waals surface area contributed by atoms with Crippen LogP contribution in [0, 0.1) is 17.3 Å². The predicted octanol–water partition coefficient (Wildman–Crippen LogP) is 4.82. The second kappa shape index (κ2) is 24.5. The minimum atomic E-state index is -4.01. The number of thioether (sulfide) groups is 1. The Morgan fingerprint density at radius 1 is 1.03 bits per heavy atom. The number of carbonyl (C=O) groups is 5. The molecule has 4 aliphatic heterocycles. The molecule has 5 heterocycles. The molecule has 408 valence electrons. The van der Waals surface area contributed by atoms with Crippen molar-refractivity contribution in [1.82, 2.24) is 24.4 Å². The van der Waals surface area contributed by atoms with E-state index in [0.29, 0.717) is 98.1 Å². The first-order valence-corrected chi connectivity index (χ1v) is 27.9. The van der Waals surface area contributed by atoms with E-state index in [4.69, 9.17) is 24.1 Å². The van der Waals surface area contributed by atoms with Gasteiger partial charge in [0.25, 0.3) is 16.1 Å². The number of fused-ring (bicyclic) bond motifs is 1. The summed E-state index contributed by atoms with van der Waals surface area (Å²) in [7, 11) is -0.879. The highest BCUT2D eigenvalue weighted by Crippen LogP contribution is 2.52. The molecule has 20 nitrogen and oxygen atoms in total. The fourth-order valence-corrected chi connectivity index (χ4v) is 12.4. The summed E-state index contributed by atoms with van der Waals surface area (Å²) in [6, 6.07) is 15.0. The zero-order chi connectivity index (χ0) is 54.4. The number of carboxylic acids is 1. The molecule has 3 aromatic rings. The average molecular weight is 1080 g/mol. The SMILES string of the molecule is CCC(C)(C)C(=O)C(=O)N1CCCC[C@H]1C(=O)O[C@H](CCc1ccc(OC)c(OC)c1)c1cccc(OCCNc2cc(CN3C[C@@H](SC4=C(C(=O)O)N5C(=O)[C@H]([C@@H](C)O)[C@H]5[C@H]4C)C[C@H]3CNS(N)(=O)=O)ccn2)c1. The van der Waals surface area contributed by atoms with Gasteiger partial charge in [-0.25, -0.2) is 24.4 Å². The van der Waals surface area contributed by atoms with Gasteiger partial charge in [-0.2, -0.15) is 8.42 Å². The number of aliphatic hydroxyl groups is 1. The number of nitrogens with two attached hydrogens (primary N) is 1. The van der Waals surface area contributed by atoms with Gasteiger partial charge in [-0.15, -0.1) is 11.8 Å². The number of hydrogen-bond acceptors (Lipinski definition) is 16. The molecule has 0 spiro atoms. The fraction of sp³-hybridized carbons (Fsp3) is 0.547. The van der Waals surface area contributed by atoms with Crippen molar-refractivity contribution < 1.29 is 61.6 Å². The number of nitrogens with zero attached hydrogens (tertiary/aromatic N) is 4. The number of anilines is 1. The van der Waals surface area contributed by atoms with E-state index in [1.807, 2.05) is 62.4 Å². The number of β-lactam (4-membered cyclic amide) rings is 1. The molecule has 3 fully saturated rings. The molecule has 7 rings (SSSR count). The molecule has 0 bridgehead atoms. The molecule has 6 N–H and O–H groups in total. The Bertz CT molecular complexity index is 2740. The van der Waals surface area contributed by atoms with Gasteiger partial charge in [0.15, 0.2) is 11.5 Å². The van der Waals surface area contributed by atoms with Crippen molar-refractivity contribution in [3.63, 3.8) is 0 Å². The lowest BCUT2D eigenvalue weighted by molar-refractivity contribution is -0.164. The van der Waals surface area contributed by atoms with Crippen molar-refractivity contribution in [3.05, 3.63) is 88.1 Å². The van der Waals surface area contributed by atoms with E-state index < -0.39 is 75.4 Å². The number of aryl methyl sites for hydroxylation is 1. The number of rotatable bonds is 25. The first-order valence-electron chi connectivity index (χ1n) is 25.5. The van der Waals surface area contributed by atoms with Gasteiger partial charge >= 0.3 is 11.9 Å². The summed E-state index contributed by atoms with van der Waals surface area (Å²) < 4.78 is 49.9. The highest BCUT2D eigenvalue weighted by Gasteiger charge is 2.60. The maximum Gasteiger partial charge on any atom is 0.353 e. The monoisotopic (exact) mass is 1080 g/mol. The Balaban J connectivity index is 1.00. The lowest BCUT2D eigenvalue weighted by atomic mass is 9.79. The van der Waals surface area contributed by atoms with E-state index >= 15 is 0 Å². The Hall–Kier alpha value is -5.78. The molecule has 2 amide bonds. The number of aromatic nitrogens is 1. The highest BCUT2D eigenvalue weighted by atomic mass is 32.2. The van der Waals surface area contributed by atoms with Gasteiger partial charge in [-0.3, -0.25) is 19.3 Å². The van der Waals surface area contributed by atoms with E-state index in [-0.39, 0.29) is 42.6 Å². The number of methoxy groups -OCH3 is 2.